The monoisotopic (exact) mass is 283 g/mol. The highest BCUT2D eigenvalue weighted by Gasteiger charge is 2.24. The van der Waals surface area contributed by atoms with Gasteiger partial charge in [-0.2, -0.15) is 0 Å². The van der Waals surface area contributed by atoms with Crippen molar-refractivity contribution < 1.29 is 23.8 Å². The molecule has 0 spiro atoms. The average Bonchev–Trinajstić information content (AvgIpc) is 2.67. The Kier molecular flexibility index (Phi) is 5.31. The fourth-order valence-electron chi connectivity index (χ4n) is 2.05. The second-order valence-corrected chi connectivity index (χ2v) is 4.71. The summed E-state index contributed by atoms with van der Waals surface area (Å²) in [6.07, 6.45) is 0. The van der Waals surface area contributed by atoms with Crippen molar-refractivity contribution in [2.75, 3.05) is 39.5 Å². The van der Waals surface area contributed by atoms with Crippen molar-refractivity contribution in [2.24, 2.45) is 5.92 Å². The molecule has 1 aromatic carbocycles. The van der Waals surface area contributed by atoms with Gasteiger partial charge in [-0.05, 0) is 24.3 Å². The summed E-state index contributed by atoms with van der Waals surface area (Å²) in [7, 11) is 0. The molecular weight excluding hydrogens is 265 g/mol. The number of hydrogen-bond acceptors (Lipinski definition) is 4. The van der Waals surface area contributed by atoms with Crippen molar-refractivity contribution in [3.63, 3.8) is 0 Å². The van der Waals surface area contributed by atoms with Gasteiger partial charge < -0.3 is 14.6 Å². The molecule has 0 amide bonds. The first-order valence-electron chi connectivity index (χ1n) is 6.56. The zero-order valence-corrected chi connectivity index (χ0v) is 11.1. The van der Waals surface area contributed by atoms with E-state index in [9.17, 15) is 9.18 Å². The molecule has 1 N–H and O–H groups in total. The lowest BCUT2D eigenvalue weighted by atomic mass is 10.1. The molecule has 0 saturated carbocycles. The summed E-state index contributed by atoms with van der Waals surface area (Å²) < 4.78 is 23.5. The number of ether oxygens (including phenoxy) is 2. The number of carbonyl (C=O) groups is 1. The second kappa shape index (κ2) is 7.21. The standard InChI is InChI=1S/C14H18FNO4/c15-12-1-3-13(4-2-12)20-8-6-16-5-7-19-10-11(9-16)14(17)18/h1-4,11H,5-10H2,(H,17,18). The minimum atomic E-state index is -0.837. The van der Waals surface area contributed by atoms with E-state index in [4.69, 9.17) is 14.6 Å². The Morgan fingerprint density at radius 1 is 1.45 bits per heavy atom. The smallest absolute Gasteiger partial charge is 0.310 e. The van der Waals surface area contributed by atoms with Crippen LogP contribution in [0.5, 0.6) is 5.75 Å². The number of rotatable bonds is 5. The SMILES string of the molecule is O=C(O)C1COCCN(CCOc2ccc(F)cc2)C1. The number of carboxylic acids is 1. The Morgan fingerprint density at radius 3 is 2.90 bits per heavy atom. The van der Waals surface area contributed by atoms with Crippen molar-refractivity contribution >= 4 is 5.97 Å². The van der Waals surface area contributed by atoms with E-state index in [-0.39, 0.29) is 12.4 Å². The molecule has 110 valence electrons. The molecule has 0 radical (unpaired) electrons. The van der Waals surface area contributed by atoms with Gasteiger partial charge in [-0.3, -0.25) is 9.69 Å². The topological polar surface area (TPSA) is 59.0 Å². The molecule has 1 saturated heterocycles. The summed E-state index contributed by atoms with van der Waals surface area (Å²) in [6.45, 7) is 2.98. The Labute approximate surface area is 116 Å². The van der Waals surface area contributed by atoms with Gasteiger partial charge in [0.25, 0.3) is 0 Å². The van der Waals surface area contributed by atoms with E-state index < -0.39 is 11.9 Å². The number of benzene rings is 1. The fourth-order valence-corrected chi connectivity index (χ4v) is 2.05. The first-order chi connectivity index (χ1) is 9.65. The molecule has 1 aromatic rings. The van der Waals surface area contributed by atoms with Crippen LogP contribution in [0.3, 0.4) is 0 Å². The maximum Gasteiger partial charge on any atom is 0.310 e. The van der Waals surface area contributed by atoms with Crippen LogP contribution in [0.15, 0.2) is 24.3 Å². The van der Waals surface area contributed by atoms with E-state index in [0.717, 1.165) is 0 Å². The lowest BCUT2D eigenvalue weighted by Gasteiger charge is -2.21. The number of hydrogen-bond donors (Lipinski definition) is 1. The van der Waals surface area contributed by atoms with Crippen LogP contribution in [-0.2, 0) is 9.53 Å². The molecule has 1 atom stereocenters. The third kappa shape index (κ3) is 4.47. The molecule has 2 rings (SSSR count). The molecule has 1 aliphatic heterocycles. The molecule has 0 aliphatic carbocycles. The van der Waals surface area contributed by atoms with Gasteiger partial charge in [0.15, 0.2) is 0 Å². The van der Waals surface area contributed by atoms with E-state index >= 15 is 0 Å². The molecule has 1 fully saturated rings. The van der Waals surface area contributed by atoms with Crippen LogP contribution in [0.4, 0.5) is 4.39 Å². The molecule has 0 bridgehead atoms. The Bertz CT molecular complexity index is 437. The van der Waals surface area contributed by atoms with E-state index in [2.05, 4.69) is 0 Å². The van der Waals surface area contributed by atoms with Gasteiger partial charge in [0, 0.05) is 19.6 Å². The molecule has 20 heavy (non-hydrogen) atoms. The van der Waals surface area contributed by atoms with Crippen LogP contribution in [0.2, 0.25) is 0 Å². The summed E-state index contributed by atoms with van der Waals surface area (Å²) in [4.78, 5) is 13.0. The molecule has 1 heterocycles. The van der Waals surface area contributed by atoms with Gasteiger partial charge in [-0.1, -0.05) is 0 Å². The third-order valence-corrected chi connectivity index (χ3v) is 3.19. The van der Waals surface area contributed by atoms with Crippen molar-refractivity contribution in [1.82, 2.24) is 4.90 Å². The van der Waals surface area contributed by atoms with Crippen molar-refractivity contribution in [3.05, 3.63) is 30.1 Å². The van der Waals surface area contributed by atoms with Crippen molar-refractivity contribution in [3.8, 4) is 5.75 Å². The van der Waals surface area contributed by atoms with Crippen molar-refractivity contribution in [2.45, 2.75) is 0 Å². The molecule has 6 heteroatoms. The zero-order valence-electron chi connectivity index (χ0n) is 11.1. The van der Waals surface area contributed by atoms with Gasteiger partial charge in [-0.15, -0.1) is 0 Å². The highest BCUT2D eigenvalue weighted by molar-refractivity contribution is 5.70. The minimum Gasteiger partial charge on any atom is -0.492 e. The van der Waals surface area contributed by atoms with Crippen molar-refractivity contribution in [1.29, 1.82) is 0 Å². The van der Waals surface area contributed by atoms with Crippen LogP contribution >= 0.6 is 0 Å². The molecule has 1 aliphatic rings. The average molecular weight is 283 g/mol. The summed E-state index contributed by atoms with van der Waals surface area (Å²) in [5.41, 5.74) is 0. The normalized spacial score (nSPS) is 20.4. The number of halogens is 1. The number of nitrogens with zero attached hydrogens (tertiary/aromatic N) is 1. The largest absolute Gasteiger partial charge is 0.492 e. The fraction of sp³-hybridized carbons (Fsp3) is 0.500. The van der Waals surface area contributed by atoms with Gasteiger partial charge in [0.2, 0.25) is 0 Å². The van der Waals surface area contributed by atoms with E-state index in [1.54, 1.807) is 12.1 Å². The first kappa shape index (κ1) is 14.7. The lowest BCUT2D eigenvalue weighted by Crippen LogP contribution is -2.36. The zero-order chi connectivity index (χ0) is 14.4. The third-order valence-electron chi connectivity index (χ3n) is 3.19. The maximum absolute atomic E-state index is 12.7. The maximum atomic E-state index is 12.7. The van der Waals surface area contributed by atoms with Crippen LogP contribution in [0.1, 0.15) is 0 Å². The van der Waals surface area contributed by atoms with Gasteiger partial charge >= 0.3 is 5.97 Å². The molecular formula is C14H18FNO4. The summed E-state index contributed by atoms with van der Waals surface area (Å²) in [6, 6.07) is 5.83. The highest BCUT2D eigenvalue weighted by atomic mass is 19.1. The highest BCUT2D eigenvalue weighted by Crippen LogP contribution is 2.12. The second-order valence-electron chi connectivity index (χ2n) is 4.71. The minimum absolute atomic E-state index is 0.255. The summed E-state index contributed by atoms with van der Waals surface area (Å²) in [5, 5.41) is 9.04. The Balaban J connectivity index is 1.77. The number of aliphatic carboxylic acids is 1. The molecule has 5 nitrogen and oxygen atoms in total. The van der Waals surface area contributed by atoms with E-state index in [0.29, 0.717) is 38.6 Å². The predicted octanol–water partition coefficient (Wildman–Crippen LogP) is 1.24. The van der Waals surface area contributed by atoms with Crippen LogP contribution in [0, 0.1) is 11.7 Å². The van der Waals surface area contributed by atoms with E-state index in [1.165, 1.54) is 12.1 Å². The van der Waals surface area contributed by atoms with Gasteiger partial charge in [0.05, 0.1) is 19.1 Å². The molecule has 1 unspecified atom stereocenters. The molecule has 0 aromatic heterocycles. The van der Waals surface area contributed by atoms with Gasteiger partial charge in [-0.25, -0.2) is 4.39 Å². The van der Waals surface area contributed by atoms with Crippen LogP contribution in [0.25, 0.3) is 0 Å². The predicted molar refractivity (Wildman–Crippen MR) is 70.3 cm³/mol. The quantitative estimate of drug-likeness (QED) is 0.881. The lowest BCUT2D eigenvalue weighted by molar-refractivity contribution is -0.143. The first-order valence-corrected chi connectivity index (χ1v) is 6.56. The Morgan fingerprint density at radius 2 is 2.20 bits per heavy atom. The van der Waals surface area contributed by atoms with Crippen LogP contribution < -0.4 is 4.74 Å². The summed E-state index contributed by atoms with van der Waals surface area (Å²) >= 11 is 0. The number of carboxylic acid groups (broad SMARTS) is 1. The van der Waals surface area contributed by atoms with Gasteiger partial charge in [0.1, 0.15) is 18.2 Å². The summed E-state index contributed by atoms with van der Waals surface area (Å²) in [5.74, 6) is -1.03. The Hall–Kier alpha value is -1.66. The van der Waals surface area contributed by atoms with Crippen LogP contribution in [-0.4, -0.2) is 55.4 Å². The van der Waals surface area contributed by atoms with E-state index in [1.807, 2.05) is 4.90 Å².